The number of nitrogens with zero attached hydrogens (tertiary/aromatic N) is 1. The van der Waals surface area contributed by atoms with Gasteiger partial charge in [-0.25, -0.2) is 4.79 Å². The third-order valence-electron chi connectivity index (χ3n) is 2.93. The molecule has 0 saturated carbocycles. The molecule has 1 aromatic heterocycles. The molecule has 96 valence electrons. The standard InChI is InChI=1S/C11H20N4O2/c1-5-15-9(12)8(10(16)14-11(15)17)13-7(4)6(2)3/h6-7,13H,5,12H2,1-4H3,(H,14,16,17). The first-order valence-electron chi connectivity index (χ1n) is 5.77. The van der Waals surface area contributed by atoms with Crippen LogP contribution in [0.25, 0.3) is 0 Å². The summed E-state index contributed by atoms with van der Waals surface area (Å²) in [6, 6.07) is 0.0983. The third-order valence-corrected chi connectivity index (χ3v) is 2.93. The van der Waals surface area contributed by atoms with Gasteiger partial charge in [-0.3, -0.25) is 14.3 Å². The van der Waals surface area contributed by atoms with Gasteiger partial charge in [0.25, 0.3) is 5.56 Å². The van der Waals surface area contributed by atoms with Crippen molar-refractivity contribution in [2.45, 2.75) is 40.3 Å². The van der Waals surface area contributed by atoms with Crippen LogP contribution >= 0.6 is 0 Å². The van der Waals surface area contributed by atoms with E-state index in [0.717, 1.165) is 0 Å². The highest BCUT2D eigenvalue weighted by Crippen LogP contribution is 2.14. The fourth-order valence-electron chi connectivity index (χ4n) is 1.44. The lowest BCUT2D eigenvalue weighted by Gasteiger charge is -2.20. The van der Waals surface area contributed by atoms with Crippen LogP contribution in [0.2, 0.25) is 0 Å². The third kappa shape index (κ3) is 2.69. The fraction of sp³-hybridized carbons (Fsp3) is 0.636. The molecular formula is C11H20N4O2. The van der Waals surface area contributed by atoms with E-state index in [9.17, 15) is 9.59 Å². The number of aromatic nitrogens is 2. The molecule has 0 amide bonds. The molecule has 17 heavy (non-hydrogen) atoms. The number of nitrogens with one attached hydrogen (secondary N) is 2. The van der Waals surface area contributed by atoms with Gasteiger partial charge in [0.2, 0.25) is 0 Å². The average Bonchev–Trinajstić information content (AvgIpc) is 2.24. The Labute approximate surface area is 99.8 Å². The molecule has 6 heteroatoms. The Bertz CT molecular complexity index is 501. The lowest BCUT2D eigenvalue weighted by molar-refractivity contribution is 0.558. The van der Waals surface area contributed by atoms with Crippen LogP contribution in [0.15, 0.2) is 9.59 Å². The van der Waals surface area contributed by atoms with Crippen molar-refractivity contribution in [3.63, 3.8) is 0 Å². The molecule has 0 spiro atoms. The van der Waals surface area contributed by atoms with E-state index in [1.54, 1.807) is 6.92 Å². The fourth-order valence-corrected chi connectivity index (χ4v) is 1.44. The highest BCUT2D eigenvalue weighted by Gasteiger charge is 2.14. The second kappa shape index (κ2) is 5.07. The molecule has 0 radical (unpaired) electrons. The Balaban J connectivity index is 3.25. The number of anilines is 2. The highest BCUT2D eigenvalue weighted by atomic mass is 16.2. The van der Waals surface area contributed by atoms with Crippen molar-refractivity contribution >= 4 is 11.5 Å². The zero-order valence-corrected chi connectivity index (χ0v) is 10.7. The van der Waals surface area contributed by atoms with Gasteiger partial charge >= 0.3 is 5.69 Å². The maximum atomic E-state index is 11.7. The zero-order valence-electron chi connectivity index (χ0n) is 10.7. The van der Waals surface area contributed by atoms with Gasteiger partial charge in [0.1, 0.15) is 11.5 Å². The minimum atomic E-state index is -0.474. The van der Waals surface area contributed by atoms with Crippen molar-refractivity contribution in [3.05, 3.63) is 20.8 Å². The van der Waals surface area contributed by atoms with Gasteiger partial charge in [-0.05, 0) is 19.8 Å². The summed E-state index contributed by atoms with van der Waals surface area (Å²) in [7, 11) is 0. The monoisotopic (exact) mass is 240 g/mol. The average molecular weight is 240 g/mol. The van der Waals surface area contributed by atoms with E-state index in [1.165, 1.54) is 4.57 Å². The van der Waals surface area contributed by atoms with Gasteiger partial charge < -0.3 is 11.1 Å². The molecule has 4 N–H and O–H groups in total. The van der Waals surface area contributed by atoms with Crippen LogP contribution in [-0.2, 0) is 6.54 Å². The second-order valence-electron chi connectivity index (χ2n) is 4.44. The molecule has 0 aliphatic rings. The topological polar surface area (TPSA) is 92.9 Å². The maximum absolute atomic E-state index is 11.7. The Morgan fingerprint density at radius 1 is 1.35 bits per heavy atom. The van der Waals surface area contributed by atoms with E-state index in [4.69, 9.17) is 5.73 Å². The summed E-state index contributed by atoms with van der Waals surface area (Å²) < 4.78 is 1.33. The van der Waals surface area contributed by atoms with Crippen LogP contribution in [-0.4, -0.2) is 15.6 Å². The summed E-state index contributed by atoms with van der Waals surface area (Å²) in [4.78, 5) is 25.4. The van der Waals surface area contributed by atoms with Crippen molar-refractivity contribution in [2.24, 2.45) is 5.92 Å². The van der Waals surface area contributed by atoms with E-state index in [1.807, 2.05) is 20.8 Å². The number of aromatic amines is 1. The van der Waals surface area contributed by atoms with Crippen LogP contribution in [0.1, 0.15) is 27.7 Å². The van der Waals surface area contributed by atoms with E-state index in [0.29, 0.717) is 12.5 Å². The number of nitrogens with two attached hydrogens (primary N) is 1. The van der Waals surface area contributed by atoms with Gasteiger partial charge in [-0.2, -0.15) is 0 Å². The lowest BCUT2D eigenvalue weighted by Crippen LogP contribution is -2.36. The van der Waals surface area contributed by atoms with Gasteiger partial charge in [-0.1, -0.05) is 13.8 Å². The van der Waals surface area contributed by atoms with Gasteiger partial charge in [0.05, 0.1) is 0 Å². The number of H-pyrrole nitrogens is 1. The quantitative estimate of drug-likeness (QED) is 0.718. The van der Waals surface area contributed by atoms with Crippen LogP contribution in [0, 0.1) is 5.92 Å². The molecule has 1 rings (SSSR count). The van der Waals surface area contributed by atoms with Crippen molar-refractivity contribution in [2.75, 3.05) is 11.1 Å². The molecule has 1 heterocycles. The van der Waals surface area contributed by atoms with E-state index < -0.39 is 11.2 Å². The van der Waals surface area contributed by atoms with E-state index >= 15 is 0 Å². The molecule has 0 fully saturated rings. The largest absolute Gasteiger partial charge is 0.383 e. The van der Waals surface area contributed by atoms with Crippen LogP contribution in [0.5, 0.6) is 0 Å². The van der Waals surface area contributed by atoms with Gasteiger partial charge in [0, 0.05) is 12.6 Å². The predicted octanol–water partition coefficient (Wildman–Crippen LogP) is 0.595. The van der Waals surface area contributed by atoms with Crippen LogP contribution < -0.4 is 22.3 Å². The van der Waals surface area contributed by atoms with Crippen molar-refractivity contribution in [1.29, 1.82) is 0 Å². The number of hydrogen-bond acceptors (Lipinski definition) is 4. The smallest absolute Gasteiger partial charge is 0.330 e. The SMILES string of the molecule is CCn1c(N)c(NC(C)C(C)C)c(=O)[nH]c1=O. The molecule has 0 saturated heterocycles. The first-order valence-corrected chi connectivity index (χ1v) is 5.77. The van der Waals surface area contributed by atoms with Crippen LogP contribution in [0.3, 0.4) is 0 Å². The van der Waals surface area contributed by atoms with Gasteiger partial charge in [0.15, 0.2) is 0 Å². The first kappa shape index (κ1) is 13.3. The summed E-state index contributed by atoms with van der Waals surface area (Å²) in [6.45, 7) is 8.26. The lowest BCUT2D eigenvalue weighted by atomic mass is 10.1. The van der Waals surface area contributed by atoms with Crippen molar-refractivity contribution in [1.82, 2.24) is 9.55 Å². The zero-order chi connectivity index (χ0) is 13.2. The van der Waals surface area contributed by atoms with E-state index in [-0.39, 0.29) is 17.5 Å². The predicted molar refractivity (Wildman–Crippen MR) is 69.3 cm³/mol. The molecule has 0 aliphatic heterocycles. The first-order chi connectivity index (χ1) is 7.88. The molecular weight excluding hydrogens is 220 g/mol. The second-order valence-corrected chi connectivity index (χ2v) is 4.44. The molecule has 1 atom stereocenters. The molecule has 0 bridgehead atoms. The number of hydrogen-bond donors (Lipinski definition) is 3. The minimum absolute atomic E-state index is 0.0983. The van der Waals surface area contributed by atoms with Gasteiger partial charge in [-0.15, -0.1) is 0 Å². The Hall–Kier alpha value is -1.72. The Morgan fingerprint density at radius 3 is 2.41 bits per heavy atom. The molecule has 1 aromatic rings. The summed E-state index contributed by atoms with van der Waals surface area (Å²) in [6.07, 6.45) is 0. The summed E-state index contributed by atoms with van der Waals surface area (Å²) in [5, 5.41) is 3.05. The summed E-state index contributed by atoms with van der Waals surface area (Å²) >= 11 is 0. The maximum Gasteiger partial charge on any atom is 0.330 e. The number of rotatable bonds is 4. The Morgan fingerprint density at radius 2 is 1.94 bits per heavy atom. The van der Waals surface area contributed by atoms with Crippen molar-refractivity contribution in [3.8, 4) is 0 Å². The Kier molecular flexibility index (Phi) is 3.98. The molecule has 1 unspecified atom stereocenters. The molecule has 0 aromatic carbocycles. The highest BCUT2D eigenvalue weighted by molar-refractivity contribution is 5.60. The van der Waals surface area contributed by atoms with Crippen molar-refractivity contribution < 1.29 is 0 Å². The normalized spacial score (nSPS) is 12.8. The number of nitrogen functional groups attached to an aromatic ring is 1. The molecule has 0 aliphatic carbocycles. The summed E-state index contributed by atoms with van der Waals surface area (Å²) in [5.41, 5.74) is 5.15. The van der Waals surface area contributed by atoms with Crippen LogP contribution in [0.4, 0.5) is 11.5 Å². The minimum Gasteiger partial charge on any atom is -0.383 e. The van der Waals surface area contributed by atoms with E-state index in [2.05, 4.69) is 10.3 Å². The molecule has 6 nitrogen and oxygen atoms in total. The summed E-state index contributed by atoms with van der Waals surface area (Å²) in [5.74, 6) is 0.546.